The van der Waals surface area contributed by atoms with Gasteiger partial charge in [-0.25, -0.2) is 4.98 Å². The number of aromatic nitrogens is 2. The molecule has 0 bridgehead atoms. The molecular formula is C20H15N3O3S3. The summed E-state index contributed by atoms with van der Waals surface area (Å²) in [6, 6.07) is 13.5. The lowest BCUT2D eigenvalue weighted by atomic mass is 10.2. The lowest BCUT2D eigenvalue weighted by Gasteiger charge is -2.05. The molecule has 2 N–H and O–H groups in total. The molecule has 6 nitrogen and oxygen atoms in total. The number of carbonyl (C=O) groups is 1. The number of amides is 1. The minimum Gasteiger partial charge on any atom is -0.454 e. The van der Waals surface area contributed by atoms with Crippen molar-refractivity contribution in [3.8, 4) is 32.6 Å². The van der Waals surface area contributed by atoms with Gasteiger partial charge in [0.25, 0.3) is 0 Å². The Balaban J connectivity index is 1.29. The fourth-order valence-electron chi connectivity index (χ4n) is 2.92. The number of nitrogens with one attached hydrogen (secondary N) is 2. The van der Waals surface area contributed by atoms with Crippen LogP contribution in [0.2, 0.25) is 0 Å². The summed E-state index contributed by atoms with van der Waals surface area (Å²) in [5, 5.41) is 7.68. The molecule has 0 atom stereocenters. The van der Waals surface area contributed by atoms with E-state index >= 15 is 0 Å². The highest BCUT2D eigenvalue weighted by Crippen LogP contribution is 2.37. The van der Waals surface area contributed by atoms with E-state index in [0.717, 1.165) is 26.3 Å². The molecule has 1 aliphatic rings. The lowest BCUT2D eigenvalue weighted by molar-refractivity contribution is -0.113. The van der Waals surface area contributed by atoms with Crippen LogP contribution < -0.4 is 14.8 Å². The smallest absolute Gasteiger partial charge is 0.234 e. The summed E-state index contributed by atoms with van der Waals surface area (Å²) in [6.45, 7) is 0.209. The molecule has 5 rings (SSSR count). The van der Waals surface area contributed by atoms with E-state index in [9.17, 15) is 4.79 Å². The number of rotatable bonds is 6. The van der Waals surface area contributed by atoms with Gasteiger partial charge in [0.1, 0.15) is 5.69 Å². The molecule has 1 amide bonds. The number of nitrogens with zero attached hydrogens (tertiary/aromatic N) is 1. The van der Waals surface area contributed by atoms with Gasteiger partial charge in [-0.1, -0.05) is 23.9 Å². The van der Waals surface area contributed by atoms with E-state index in [-0.39, 0.29) is 18.5 Å². The van der Waals surface area contributed by atoms with Crippen molar-refractivity contribution in [2.24, 2.45) is 0 Å². The van der Waals surface area contributed by atoms with Crippen LogP contribution in [0, 0.1) is 0 Å². The Hall–Kier alpha value is -2.75. The Kier molecular flexibility index (Phi) is 5.01. The largest absolute Gasteiger partial charge is 0.454 e. The third-order valence-electron chi connectivity index (χ3n) is 4.20. The molecule has 3 aromatic heterocycles. The van der Waals surface area contributed by atoms with Crippen LogP contribution in [0.25, 0.3) is 21.1 Å². The summed E-state index contributed by atoms with van der Waals surface area (Å²) >= 11 is 4.68. The van der Waals surface area contributed by atoms with Crippen molar-refractivity contribution in [1.29, 1.82) is 0 Å². The predicted molar refractivity (Wildman–Crippen MR) is 117 cm³/mol. The summed E-state index contributed by atoms with van der Waals surface area (Å²) < 4.78 is 10.6. The van der Waals surface area contributed by atoms with Crippen molar-refractivity contribution in [2.75, 3.05) is 17.9 Å². The first-order valence-corrected chi connectivity index (χ1v) is 11.5. The number of H-pyrrole nitrogens is 1. The van der Waals surface area contributed by atoms with Gasteiger partial charge >= 0.3 is 0 Å². The summed E-state index contributed by atoms with van der Waals surface area (Å²) in [4.78, 5) is 22.7. The van der Waals surface area contributed by atoms with E-state index in [1.54, 1.807) is 40.9 Å². The molecule has 1 aromatic carbocycles. The molecule has 4 aromatic rings. The first kappa shape index (κ1) is 18.3. The number of hydrogen-bond acceptors (Lipinski definition) is 7. The van der Waals surface area contributed by atoms with Crippen molar-refractivity contribution >= 4 is 46.0 Å². The van der Waals surface area contributed by atoms with Crippen LogP contribution in [0.1, 0.15) is 0 Å². The Morgan fingerprint density at radius 3 is 2.69 bits per heavy atom. The van der Waals surface area contributed by atoms with Crippen molar-refractivity contribution < 1.29 is 14.3 Å². The van der Waals surface area contributed by atoms with Crippen LogP contribution in [-0.2, 0) is 4.79 Å². The summed E-state index contributed by atoms with van der Waals surface area (Å²) in [6.07, 6.45) is 0. The average Bonchev–Trinajstić information content (AvgIpc) is 3.52. The van der Waals surface area contributed by atoms with Gasteiger partial charge in [-0.2, -0.15) is 0 Å². The standard InChI is InChI=1S/C20H15N3O3S3/c24-17(21-12-5-6-13-14(9-12)26-11-25-13)10-29-20-22-18(15-3-1-7-27-15)19(23-20)16-4-2-8-28-16/h1-9H,10-11H2,(H,21,24)(H,22,23). The summed E-state index contributed by atoms with van der Waals surface area (Å²) in [7, 11) is 0. The van der Waals surface area contributed by atoms with E-state index in [2.05, 4.69) is 22.4 Å². The number of fused-ring (bicyclic) bond motifs is 1. The number of thioether (sulfide) groups is 1. The number of anilines is 1. The SMILES string of the molecule is O=C(CSc1nc(-c2cccs2)c(-c2cccs2)[nH]1)Nc1ccc2c(c1)OCO2. The van der Waals surface area contributed by atoms with Crippen LogP contribution in [0.15, 0.2) is 58.4 Å². The maximum absolute atomic E-state index is 12.4. The number of imidazole rings is 1. The van der Waals surface area contributed by atoms with Gasteiger partial charge in [-0.05, 0) is 35.0 Å². The van der Waals surface area contributed by atoms with Gasteiger partial charge in [0, 0.05) is 11.8 Å². The molecule has 0 unspecified atom stereocenters. The first-order chi connectivity index (χ1) is 14.3. The van der Waals surface area contributed by atoms with Gasteiger partial charge in [0.05, 0.1) is 21.2 Å². The average molecular weight is 442 g/mol. The predicted octanol–water partition coefficient (Wildman–Crippen LogP) is 5.33. The van der Waals surface area contributed by atoms with Crippen molar-refractivity contribution in [2.45, 2.75) is 5.16 Å². The summed E-state index contributed by atoms with van der Waals surface area (Å²) in [5.74, 6) is 1.47. The Morgan fingerprint density at radius 2 is 1.90 bits per heavy atom. The first-order valence-electron chi connectivity index (χ1n) is 8.76. The normalized spacial score (nSPS) is 12.3. The fourth-order valence-corrected chi connectivity index (χ4v) is 5.03. The molecular weight excluding hydrogens is 426 g/mol. The number of carbonyl (C=O) groups excluding carboxylic acids is 1. The van der Waals surface area contributed by atoms with Crippen LogP contribution in [-0.4, -0.2) is 28.4 Å². The second kappa shape index (κ2) is 7.94. The van der Waals surface area contributed by atoms with Crippen LogP contribution in [0.5, 0.6) is 11.5 Å². The fraction of sp³-hybridized carbons (Fsp3) is 0.100. The Labute approximate surface area is 178 Å². The Bertz CT molecular complexity index is 1090. The highest BCUT2D eigenvalue weighted by molar-refractivity contribution is 7.99. The van der Waals surface area contributed by atoms with E-state index < -0.39 is 0 Å². The number of thiophene rings is 2. The molecule has 0 aliphatic carbocycles. The van der Waals surface area contributed by atoms with Crippen molar-refractivity contribution in [1.82, 2.24) is 9.97 Å². The lowest BCUT2D eigenvalue weighted by Crippen LogP contribution is -2.14. The number of ether oxygens (including phenoxy) is 2. The van der Waals surface area contributed by atoms with Crippen LogP contribution in [0.4, 0.5) is 5.69 Å². The van der Waals surface area contributed by atoms with Gasteiger partial charge in [-0.3, -0.25) is 4.79 Å². The minimum absolute atomic E-state index is 0.111. The molecule has 146 valence electrons. The zero-order chi connectivity index (χ0) is 19.6. The van der Waals surface area contributed by atoms with Crippen molar-refractivity contribution in [3.05, 3.63) is 53.2 Å². The highest BCUT2D eigenvalue weighted by Gasteiger charge is 2.17. The van der Waals surface area contributed by atoms with E-state index in [0.29, 0.717) is 17.2 Å². The highest BCUT2D eigenvalue weighted by atomic mass is 32.2. The maximum atomic E-state index is 12.4. The van der Waals surface area contributed by atoms with E-state index in [1.807, 2.05) is 22.9 Å². The topological polar surface area (TPSA) is 76.2 Å². The summed E-state index contributed by atoms with van der Waals surface area (Å²) in [5.41, 5.74) is 2.58. The van der Waals surface area contributed by atoms with Gasteiger partial charge in [-0.15, -0.1) is 22.7 Å². The van der Waals surface area contributed by atoms with Crippen molar-refractivity contribution in [3.63, 3.8) is 0 Å². The number of aromatic amines is 1. The molecule has 0 saturated carbocycles. The van der Waals surface area contributed by atoms with Crippen LogP contribution >= 0.6 is 34.4 Å². The zero-order valence-corrected chi connectivity index (χ0v) is 17.5. The minimum atomic E-state index is -0.111. The number of benzene rings is 1. The molecule has 0 radical (unpaired) electrons. The van der Waals surface area contributed by atoms with Gasteiger partial charge < -0.3 is 19.8 Å². The third-order valence-corrected chi connectivity index (χ3v) is 6.84. The molecule has 0 fully saturated rings. The maximum Gasteiger partial charge on any atom is 0.234 e. The molecule has 4 heterocycles. The van der Waals surface area contributed by atoms with E-state index in [1.165, 1.54) is 11.8 Å². The molecule has 9 heteroatoms. The zero-order valence-electron chi connectivity index (χ0n) is 15.0. The van der Waals surface area contributed by atoms with Gasteiger partial charge in [0.15, 0.2) is 16.7 Å². The molecule has 0 spiro atoms. The molecule has 1 aliphatic heterocycles. The quantitative estimate of drug-likeness (QED) is 0.396. The van der Waals surface area contributed by atoms with Gasteiger partial charge in [0.2, 0.25) is 12.7 Å². The van der Waals surface area contributed by atoms with Crippen LogP contribution in [0.3, 0.4) is 0 Å². The molecule has 29 heavy (non-hydrogen) atoms. The monoisotopic (exact) mass is 441 g/mol. The second-order valence-corrected chi connectivity index (χ2v) is 8.98. The van der Waals surface area contributed by atoms with E-state index in [4.69, 9.17) is 14.5 Å². The third kappa shape index (κ3) is 3.89. The molecule has 0 saturated heterocycles. The Morgan fingerprint density at radius 1 is 1.10 bits per heavy atom. The number of hydrogen-bond donors (Lipinski definition) is 2. The second-order valence-electron chi connectivity index (χ2n) is 6.13.